The van der Waals surface area contributed by atoms with Crippen molar-refractivity contribution in [3.05, 3.63) is 23.8 Å². The summed E-state index contributed by atoms with van der Waals surface area (Å²) in [5.74, 6) is -0.0239. The van der Waals surface area contributed by atoms with Gasteiger partial charge in [-0.1, -0.05) is 6.07 Å². The van der Waals surface area contributed by atoms with Gasteiger partial charge in [-0.3, -0.25) is 9.59 Å². The molecule has 0 radical (unpaired) electrons. The van der Waals surface area contributed by atoms with E-state index in [1.54, 1.807) is 18.2 Å². The number of methoxy groups -OCH3 is 1. The maximum Gasteiger partial charge on any atom is 0.256 e. The van der Waals surface area contributed by atoms with Crippen molar-refractivity contribution >= 4 is 17.5 Å². The zero-order chi connectivity index (χ0) is 15.1. The third-order valence-corrected chi connectivity index (χ3v) is 2.89. The summed E-state index contributed by atoms with van der Waals surface area (Å²) in [4.78, 5) is 25.5. The van der Waals surface area contributed by atoms with Crippen LogP contribution in [0.4, 0.5) is 5.69 Å². The van der Waals surface area contributed by atoms with Crippen LogP contribution in [-0.2, 0) is 4.79 Å². The molecule has 1 aromatic carbocycles. The van der Waals surface area contributed by atoms with Crippen molar-refractivity contribution < 1.29 is 14.3 Å². The fraction of sp³-hybridized carbons (Fsp3) is 0.429. The molecule has 110 valence electrons. The summed E-state index contributed by atoms with van der Waals surface area (Å²) < 4.78 is 5.09. The number of nitrogens with zero attached hydrogens (tertiary/aromatic N) is 1. The first-order valence-electron chi connectivity index (χ1n) is 6.53. The summed E-state index contributed by atoms with van der Waals surface area (Å²) in [6.45, 7) is 4.61. The maximum absolute atomic E-state index is 12.4. The maximum atomic E-state index is 12.4. The van der Waals surface area contributed by atoms with Gasteiger partial charge in [-0.25, -0.2) is 0 Å². The highest BCUT2D eigenvalue weighted by atomic mass is 16.5. The fourth-order valence-corrected chi connectivity index (χ4v) is 1.83. The molecule has 0 aromatic heterocycles. The molecule has 0 aliphatic carbocycles. The standard InChI is InChI=1S/C14H21N3O3/c1-4-16-12(18)9-17(5-2)14(19)10-7-6-8-11(20-3)13(10)15/h6-8H,4-5,9,15H2,1-3H3,(H,16,18). The molecule has 0 atom stereocenters. The van der Waals surface area contributed by atoms with E-state index in [1.165, 1.54) is 12.0 Å². The molecular formula is C14H21N3O3. The third-order valence-electron chi connectivity index (χ3n) is 2.89. The monoisotopic (exact) mass is 279 g/mol. The van der Waals surface area contributed by atoms with E-state index in [0.717, 1.165) is 0 Å². The second-order valence-electron chi connectivity index (χ2n) is 4.19. The summed E-state index contributed by atoms with van der Waals surface area (Å²) in [5, 5.41) is 2.67. The first kappa shape index (κ1) is 15.8. The number of likely N-dealkylation sites (N-methyl/N-ethyl adjacent to an activating group) is 2. The number of rotatable bonds is 6. The molecule has 0 unspecified atom stereocenters. The molecule has 6 heteroatoms. The predicted octanol–water partition coefficient (Wildman–Crippen LogP) is 0.876. The van der Waals surface area contributed by atoms with E-state index in [-0.39, 0.29) is 24.0 Å². The molecule has 0 fully saturated rings. The van der Waals surface area contributed by atoms with Gasteiger partial charge in [0.1, 0.15) is 5.75 Å². The lowest BCUT2D eigenvalue weighted by molar-refractivity contribution is -0.121. The van der Waals surface area contributed by atoms with Gasteiger partial charge in [-0.05, 0) is 26.0 Å². The van der Waals surface area contributed by atoms with Crippen LogP contribution in [0.5, 0.6) is 5.75 Å². The van der Waals surface area contributed by atoms with Crippen molar-refractivity contribution in [2.75, 3.05) is 32.5 Å². The normalized spacial score (nSPS) is 9.95. The molecule has 0 heterocycles. The second kappa shape index (κ2) is 7.37. The Labute approximate surface area is 118 Å². The number of ether oxygens (including phenoxy) is 1. The van der Waals surface area contributed by atoms with Crippen LogP contribution in [0.3, 0.4) is 0 Å². The minimum absolute atomic E-state index is 0.0137. The zero-order valence-corrected chi connectivity index (χ0v) is 12.1. The van der Waals surface area contributed by atoms with E-state index in [0.29, 0.717) is 24.4 Å². The average molecular weight is 279 g/mol. The van der Waals surface area contributed by atoms with Gasteiger partial charge in [0, 0.05) is 13.1 Å². The van der Waals surface area contributed by atoms with E-state index in [1.807, 2.05) is 13.8 Å². The van der Waals surface area contributed by atoms with Crippen LogP contribution in [0.2, 0.25) is 0 Å². The molecule has 0 aliphatic heterocycles. The molecule has 0 spiro atoms. The minimum atomic E-state index is -0.282. The van der Waals surface area contributed by atoms with Crippen LogP contribution in [0, 0.1) is 0 Å². The Hall–Kier alpha value is -2.24. The van der Waals surface area contributed by atoms with Crippen molar-refractivity contribution in [2.45, 2.75) is 13.8 Å². The minimum Gasteiger partial charge on any atom is -0.495 e. The number of amides is 2. The Morgan fingerprint density at radius 1 is 1.35 bits per heavy atom. The Kier molecular flexibility index (Phi) is 5.83. The summed E-state index contributed by atoms with van der Waals surface area (Å²) in [6.07, 6.45) is 0. The molecule has 3 N–H and O–H groups in total. The SMILES string of the molecule is CCNC(=O)CN(CC)C(=O)c1cccc(OC)c1N. The number of benzene rings is 1. The number of hydrogen-bond donors (Lipinski definition) is 2. The number of nitrogen functional groups attached to an aromatic ring is 1. The Morgan fingerprint density at radius 2 is 2.05 bits per heavy atom. The largest absolute Gasteiger partial charge is 0.495 e. The second-order valence-corrected chi connectivity index (χ2v) is 4.19. The van der Waals surface area contributed by atoms with Gasteiger partial charge in [0.25, 0.3) is 5.91 Å². The molecule has 0 saturated carbocycles. The number of para-hydroxylation sites is 1. The van der Waals surface area contributed by atoms with E-state index < -0.39 is 0 Å². The lowest BCUT2D eigenvalue weighted by atomic mass is 10.1. The van der Waals surface area contributed by atoms with Crippen LogP contribution in [0.1, 0.15) is 24.2 Å². The van der Waals surface area contributed by atoms with E-state index in [9.17, 15) is 9.59 Å². The molecule has 1 aromatic rings. The number of carbonyl (C=O) groups excluding carboxylic acids is 2. The highest BCUT2D eigenvalue weighted by Gasteiger charge is 2.20. The van der Waals surface area contributed by atoms with Crippen molar-refractivity contribution in [3.63, 3.8) is 0 Å². The third kappa shape index (κ3) is 3.63. The smallest absolute Gasteiger partial charge is 0.256 e. The highest BCUT2D eigenvalue weighted by Crippen LogP contribution is 2.25. The first-order chi connectivity index (χ1) is 9.54. The number of nitrogens with two attached hydrogens (primary N) is 1. The zero-order valence-electron chi connectivity index (χ0n) is 12.1. The summed E-state index contributed by atoms with van der Waals surface area (Å²) in [7, 11) is 1.49. The van der Waals surface area contributed by atoms with Gasteiger partial charge >= 0.3 is 0 Å². The van der Waals surface area contributed by atoms with Crippen LogP contribution in [-0.4, -0.2) is 43.5 Å². The molecule has 1 rings (SSSR count). The van der Waals surface area contributed by atoms with Crippen LogP contribution in [0.25, 0.3) is 0 Å². The molecule has 0 aliphatic rings. The molecule has 6 nitrogen and oxygen atoms in total. The molecule has 0 saturated heterocycles. The van der Waals surface area contributed by atoms with Crippen molar-refractivity contribution in [1.29, 1.82) is 0 Å². The fourth-order valence-electron chi connectivity index (χ4n) is 1.83. The number of nitrogens with one attached hydrogen (secondary N) is 1. The molecule has 20 heavy (non-hydrogen) atoms. The first-order valence-corrected chi connectivity index (χ1v) is 6.53. The topological polar surface area (TPSA) is 84.7 Å². The Bertz CT molecular complexity index is 489. The van der Waals surface area contributed by atoms with Gasteiger partial charge in [0.05, 0.1) is 24.9 Å². The lowest BCUT2D eigenvalue weighted by Crippen LogP contribution is -2.40. The van der Waals surface area contributed by atoms with E-state index >= 15 is 0 Å². The van der Waals surface area contributed by atoms with Crippen molar-refractivity contribution in [1.82, 2.24) is 10.2 Å². The van der Waals surface area contributed by atoms with Crippen molar-refractivity contribution in [3.8, 4) is 5.75 Å². The quantitative estimate of drug-likeness (QED) is 0.757. The number of hydrogen-bond acceptors (Lipinski definition) is 4. The molecular weight excluding hydrogens is 258 g/mol. The van der Waals surface area contributed by atoms with Gasteiger partial charge < -0.3 is 20.7 Å². The van der Waals surface area contributed by atoms with E-state index in [2.05, 4.69) is 5.32 Å². The number of carbonyl (C=O) groups is 2. The van der Waals surface area contributed by atoms with Crippen LogP contribution in [0.15, 0.2) is 18.2 Å². The predicted molar refractivity (Wildman–Crippen MR) is 77.7 cm³/mol. The Morgan fingerprint density at radius 3 is 2.60 bits per heavy atom. The van der Waals surface area contributed by atoms with Gasteiger partial charge in [-0.2, -0.15) is 0 Å². The Balaban J connectivity index is 2.94. The lowest BCUT2D eigenvalue weighted by Gasteiger charge is -2.21. The highest BCUT2D eigenvalue weighted by molar-refractivity contribution is 6.01. The van der Waals surface area contributed by atoms with Gasteiger partial charge in [0.2, 0.25) is 5.91 Å². The molecule has 2 amide bonds. The van der Waals surface area contributed by atoms with Crippen molar-refractivity contribution in [2.24, 2.45) is 0 Å². The average Bonchev–Trinajstić information content (AvgIpc) is 2.44. The summed E-state index contributed by atoms with van der Waals surface area (Å²) >= 11 is 0. The molecule has 0 bridgehead atoms. The van der Waals surface area contributed by atoms with Gasteiger partial charge in [-0.15, -0.1) is 0 Å². The van der Waals surface area contributed by atoms with Crippen LogP contribution >= 0.6 is 0 Å². The van der Waals surface area contributed by atoms with E-state index in [4.69, 9.17) is 10.5 Å². The van der Waals surface area contributed by atoms with Gasteiger partial charge in [0.15, 0.2) is 0 Å². The van der Waals surface area contributed by atoms with Crippen LogP contribution < -0.4 is 15.8 Å². The summed E-state index contributed by atoms with van der Waals surface area (Å²) in [6, 6.07) is 5.01. The number of anilines is 1. The summed E-state index contributed by atoms with van der Waals surface area (Å²) in [5.41, 5.74) is 6.53.